The standard InChI is InChI=1S/C11H18O2/c1-2-11-3-7-8(9(11)5-12)6-13-10(7)4-11/h7-10,12H,2-6H2,1H3. The SMILES string of the molecule is CCC12CC3OCC(C3C1)C2CO. The second-order valence-corrected chi connectivity index (χ2v) is 5.11. The lowest BCUT2D eigenvalue weighted by Gasteiger charge is -2.35. The summed E-state index contributed by atoms with van der Waals surface area (Å²) in [6, 6.07) is 0. The van der Waals surface area contributed by atoms with E-state index in [0.717, 1.165) is 12.5 Å². The van der Waals surface area contributed by atoms with Crippen LogP contribution in [0.1, 0.15) is 26.2 Å². The van der Waals surface area contributed by atoms with Gasteiger partial charge in [-0.15, -0.1) is 0 Å². The Hall–Kier alpha value is -0.0800. The van der Waals surface area contributed by atoms with Gasteiger partial charge in [-0.1, -0.05) is 6.92 Å². The highest BCUT2D eigenvalue weighted by Gasteiger charge is 2.63. The van der Waals surface area contributed by atoms with Crippen LogP contribution < -0.4 is 0 Å². The number of hydrogen-bond donors (Lipinski definition) is 1. The first-order chi connectivity index (χ1) is 6.30. The summed E-state index contributed by atoms with van der Waals surface area (Å²) in [4.78, 5) is 0. The molecule has 3 aliphatic rings. The molecule has 74 valence electrons. The highest BCUT2D eigenvalue weighted by molar-refractivity contribution is 5.11. The Bertz CT molecular complexity index is 224. The van der Waals surface area contributed by atoms with Crippen molar-refractivity contribution < 1.29 is 9.84 Å². The molecule has 2 heteroatoms. The van der Waals surface area contributed by atoms with Gasteiger partial charge in [-0.2, -0.15) is 0 Å². The minimum Gasteiger partial charge on any atom is -0.396 e. The molecule has 0 aromatic carbocycles. The second-order valence-electron chi connectivity index (χ2n) is 5.11. The molecule has 1 aliphatic heterocycles. The van der Waals surface area contributed by atoms with Crippen LogP contribution in [0, 0.1) is 23.2 Å². The quantitative estimate of drug-likeness (QED) is 0.700. The molecule has 2 bridgehead atoms. The van der Waals surface area contributed by atoms with Crippen LogP contribution in [0.3, 0.4) is 0 Å². The zero-order chi connectivity index (χ0) is 9.05. The first kappa shape index (κ1) is 8.25. The van der Waals surface area contributed by atoms with Crippen molar-refractivity contribution in [2.75, 3.05) is 13.2 Å². The third kappa shape index (κ3) is 0.816. The van der Waals surface area contributed by atoms with Gasteiger partial charge in [-0.3, -0.25) is 0 Å². The summed E-state index contributed by atoms with van der Waals surface area (Å²) in [7, 11) is 0. The number of fused-ring (bicyclic) bond motifs is 1. The summed E-state index contributed by atoms with van der Waals surface area (Å²) in [5, 5.41) is 9.45. The van der Waals surface area contributed by atoms with E-state index in [9.17, 15) is 5.11 Å². The monoisotopic (exact) mass is 182 g/mol. The minimum atomic E-state index is 0.380. The Balaban J connectivity index is 1.97. The van der Waals surface area contributed by atoms with Gasteiger partial charge in [0.25, 0.3) is 0 Å². The van der Waals surface area contributed by atoms with Gasteiger partial charge in [0.15, 0.2) is 0 Å². The van der Waals surface area contributed by atoms with E-state index in [1.54, 1.807) is 0 Å². The number of aliphatic hydroxyl groups excluding tert-OH is 1. The fourth-order valence-electron chi connectivity index (χ4n) is 4.26. The van der Waals surface area contributed by atoms with E-state index >= 15 is 0 Å². The van der Waals surface area contributed by atoms with Crippen LogP contribution in [0.2, 0.25) is 0 Å². The van der Waals surface area contributed by atoms with E-state index in [0.29, 0.717) is 30.0 Å². The molecule has 5 atom stereocenters. The summed E-state index contributed by atoms with van der Waals surface area (Å²) in [6.07, 6.45) is 4.32. The van der Waals surface area contributed by atoms with E-state index in [-0.39, 0.29) is 0 Å². The number of rotatable bonds is 2. The predicted octanol–water partition coefficient (Wildman–Crippen LogP) is 1.43. The molecule has 0 spiro atoms. The predicted molar refractivity (Wildman–Crippen MR) is 49.3 cm³/mol. The topological polar surface area (TPSA) is 29.5 Å². The van der Waals surface area contributed by atoms with E-state index in [4.69, 9.17) is 4.74 Å². The number of ether oxygens (including phenoxy) is 1. The molecule has 1 saturated heterocycles. The van der Waals surface area contributed by atoms with Crippen molar-refractivity contribution in [2.24, 2.45) is 23.2 Å². The first-order valence-electron chi connectivity index (χ1n) is 5.53. The van der Waals surface area contributed by atoms with Crippen LogP contribution >= 0.6 is 0 Å². The van der Waals surface area contributed by atoms with Gasteiger partial charge in [-0.05, 0) is 42.4 Å². The van der Waals surface area contributed by atoms with Crippen LogP contribution in [-0.2, 0) is 4.74 Å². The molecule has 13 heavy (non-hydrogen) atoms. The van der Waals surface area contributed by atoms with Crippen LogP contribution in [0.25, 0.3) is 0 Å². The zero-order valence-corrected chi connectivity index (χ0v) is 8.20. The fourth-order valence-corrected chi connectivity index (χ4v) is 4.26. The lowest BCUT2D eigenvalue weighted by atomic mass is 9.70. The van der Waals surface area contributed by atoms with Gasteiger partial charge in [0, 0.05) is 6.61 Å². The summed E-state index contributed by atoms with van der Waals surface area (Å²) >= 11 is 0. The zero-order valence-electron chi connectivity index (χ0n) is 8.20. The van der Waals surface area contributed by atoms with Gasteiger partial charge < -0.3 is 9.84 Å². The van der Waals surface area contributed by atoms with Gasteiger partial charge >= 0.3 is 0 Å². The molecule has 2 aliphatic carbocycles. The lowest BCUT2D eigenvalue weighted by Crippen LogP contribution is -2.34. The van der Waals surface area contributed by atoms with Crippen LogP contribution in [0.4, 0.5) is 0 Å². The maximum atomic E-state index is 9.45. The molecule has 2 saturated carbocycles. The molecule has 0 radical (unpaired) electrons. The summed E-state index contributed by atoms with van der Waals surface area (Å²) in [6.45, 7) is 3.57. The fraction of sp³-hybridized carbons (Fsp3) is 1.00. The van der Waals surface area contributed by atoms with Crippen LogP contribution in [0.15, 0.2) is 0 Å². The van der Waals surface area contributed by atoms with Crippen molar-refractivity contribution in [1.29, 1.82) is 0 Å². The molecule has 2 nitrogen and oxygen atoms in total. The van der Waals surface area contributed by atoms with Crippen molar-refractivity contribution >= 4 is 0 Å². The molecule has 3 rings (SSSR count). The van der Waals surface area contributed by atoms with Gasteiger partial charge in [0.1, 0.15) is 0 Å². The minimum absolute atomic E-state index is 0.380. The van der Waals surface area contributed by atoms with Gasteiger partial charge in [0.2, 0.25) is 0 Å². The van der Waals surface area contributed by atoms with Crippen LogP contribution in [0.5, 0.6) is 0 Å². The van der Waals surface area contributed by atoms with Crippen molar-refractivity contribution in [3.05, 3.63) is 0 Å². The Morgan fingerprint density at radius 2 is 2.23 bits per heavy atom. The Labute approximate surface area is 79.3 Å². The summed E-state index contributed by atoms with van der Waals surface area (Å²) in [5.74, 6) is 2.02. The average molecular weight is 182 g/mol. The molecule has 1 heterocycles. The molecular formula is C11H18O2. The Morgan fingerprint density at radius 1 is 1.38 bits per heavy atom. The Morgan fingerprint density at radius 3 is 2.92 bits per heavy atom. The van der Waals surface area contributed by atoms with Crippen molar-refractivity contribution in [1.82, 2.24) is 0 Å². The smallest absolute Gasteiger partial charge is 0.0612 e. The van der Waals surface area contributed by atoms with Crippen molar-refractivity contribution in [3.8, 4) is 0 Å². The highest BCUT2D eigenvalue weighted by atomic mass is 16.5. The Kier molecular flexibility index (Phi) is 1.58. The largest absolute Gasteiger partial charge is 0.396 e. The van der Waals surface area contributed by atoms with Crippen molar-refractivity contribution in [2.45, 2.75) is 32.3 Å². The molecule has 1 N–H and O–H groups in total. The second kappa shape index (κ2) is 2.48. The average Bonchev–Trinajstić information content (AvgIpc) is 2.70. The first-order valence-corrected chi connectivity index (χ1v) is 5.53. The van der Waals surface area contributed by atoms with Crippen LogP contribution in [-0.4, -0.2) is 24.4 Å². The molecular weight excluding hydrogens is 164 g/mol. The lowest BCUT2D eigenvalue weighted by molar-refractivity contribution is 0.0631. The van der Waals surface area contributed by atoms with Crippen molar-refractivity contribution in [3.63, 3.8) is 0 Å². The number of aliphatic hydroxyl groups is 1. The van der Waals surface area contributed by atoms with E-state index in [1.807, 2.05) is 0 Å². The molecule has 3 fully saturated rings. The maximum absolute atomic E-state index is 9.45. The molecule has 0 amide bonds. The summed E-state index contributed by atoms with van der Waals surface area (Å²) < 4.78 is 5.78. The molecule has 0 aromatic heterocycles. The molecule has 0 aromatic rings. The number of hydrogen-bond acceptors (Lipinski definition) is 2. The summed E-state index contributed by atoms with van der Waals surface area (Å²) in [5.41, 5.74) is 0.450. The maximum Gasteiger partial charge on any atom is 0.0612 e. The highest BCUT2D eigenvalue weighted by Crippen LogP contribution is 2.65. The third-order valence-corrected chi connectivity index (χ3v) is 4.98. The third-order valence-electron chi connectivity index (χ3n) is 4.98. The van der Waals surface area contributed by atoms with E-state index in [2.05, 4.69) is 6.92 Å². The van der Waals surface area contributed by atoms with Gasteiger partial charge in [0.05, 0.1) is 12.7 Å². The van der Waals surface area contributed by atoms with E-state index in [1.165, 1.54) is 19.3 Å². The molecule has 5 unspecified atom stereocenters. The van der Waals surface area contributed by atoms with Gasteiger partial charge in [-0.25, -0.2) is 0 Å². The normalized spacial score (nSPS) is 57.7. The van der Waals surface area contributed by atoms with E-state index < -0.39 is 0 Å².